The number of phenols is 3. The molecule has 5 fully saturated rings. The lowest BCUT2D eigenvalue weighted by Gasteiger charge is -2.33. The first kappa shape index (κ1) is 102. The molecule has 0 aliphatic carbocycles. The van der Waals surface area contributed by atoms with Gasteiger partial charge in [0.05, 0.1) is 12.9 Å². The Bertz CT molecular complexity index is 4730. The van der Waals surface area contributed by atoms with Crippen molar-refractivity contribution in [2.75, 3.05) is 50.8 Å². The summed E-state index contributed by atoms with van der Waals surface area (Å²) in [5.74, 6) is -20.4. The Labute approximate surface area is 761 Å². The van der Waals surface area contributed by atoms with Crippen LogP contribution in [0.3, 0.4) is 0 Å². The van der Waals surface area contributed by atoms with Crippen molar-refractivity contribution in [1.29, 1.82) is 5.41 Å². The third-order valence-electron chi connectivity index (χ3n) is 22.6. The first-order valence-corrected chi connectivity index (χ1v) is 45.6. The molecule has 712 valence electrons. The molecular formula is C84H116N22O23S2. The molecule has 5 aliphatic heterocycles. The standard InChI is InChI=1S/C84H116N22O23S2/c1-43(86)67-78(122)95-53(11-6-30-91-84(88)89)69(113)97-57(35-47-17-23-51(109)24-18-47)73(117)102-61-41-131-130-40-60(75(119)100-59(39-107)82(126)128-45(3)79(123)104-31-7-12-62(104)76(120)103-67)101-68(112)44(2)93-71(115)58(37-49-38-90-42-92-49)99-77(121)65(36-48-19-25-52(110)26-20-48)129-83(127)64-14-9-33-106(64)81(125)63-13-8-32-105(63)80(124)55(10-4-5-29-85)96-70(114)54(27-28-66(87)111)94-72(116)56(98-74(61)118)34-46-15-21-50(108)22-16-46/h15-26,38,42-45,53-65,67,107-110H,4-14,27-37,39-41,85-86H2,1-3H3,(H2,87,111)(H,90,92)(H,93,115)(H,94,116)(H,95,122)(H,96,114)(H,97,113)(H,98,118)(H,99,121)(H,100,119)(H,101,112)(H,102,117)(H,103,120)(H4,88,89,91)/t43?,44-,45-,53-,54-,55-,56-,57-,58-,59-,60-,61-,62+,63+,64-,65-,67?/m0/s1. The van der Waals surface area contributed by atoms with Crippen LogP contribution in [0.5, 0.6) is 17.2 Å². The van der Waals surface area contributed by atoms with Gasteiger partial charge in [0.2, 0.25) is 76.8 Å². The number of hydrogen-bond donors (Lipinski definition) is 22. The number of nitrogens with two attached hydrogens (primary N) is 4. The highest BCUT2D eigenvalue weighted by molar-refractivity contribution is 8.76. The minimum Gasteiger partial charge on any atom is -0.508 e. The van der Waals surface area contributed by atoms with Gasteiger partial charge in [-0.15, -0.1) is 0 Å². The smallest absolute Gasteiger partial charge is 0.331 e. The lowest BCUT2D eigenvalue weighted by molar-refractivity contribution is -0.163. The number of guanidine groups is 1. The Kier molecular flexibility index (Phi) is 38.3. The number of primary amides is 1. The number of nitrogens with one attached hydrogen (secondary N) is 14. The lowest BCUT2D eigenvalue weighted by Crippen LogP contribution is -2.62. The monoisotopic (exact) mass is 1860 g/mol. The number of phenolic OH excluding ortho intramolecular Hbond substituents is 3. The zero-order valence-corrected chi connectivity index (χ0v) is 74.2. The van der Waals surface area contributed by atoms with Gasteiger partial charge in [-0.2, -0.15) is 0 Å². The van der Waals surface area contributed by atoms with Gasteiger partial charge in [0, 0.05) is 87.7 Å². The number of aromatic hydroxyl groups is 3. The Morgan fingerprint density at radius 2 is 0.954 bits per heavy atom. The van der Waals surface area contributed by atoms with E-state index in [1.165, 1.54) is 109 Å². The minimum atomic E-state index is -2.04. The van der Waals surface area contributed by atoms with Crippen LogP contribution in [-0.2, 0) is 117 Å². The van der Waals surface area contributed by atoms with E-state index in [0.29, 0.717) is 33.6 Å². The van der Waals surface area contributed by atoms with E-state index >= 15 is 38.4 Å². The van der Waals surface area contributed by atoms with Gasteiger partial charge in [0.1, 0.15) is 95.8 Å². The van der Waals surface area contributed by atoms with Gasteiger partial charge >= 0.3 is 11.9 Å². The number of cyclic esters (lactones) is 2. The van der Waals surface area contributed by atoms with Crippen LogP contribution in [0.1, 0.15) is 127 Å². The zero-order valence-electron chi connectivity index (χ0n) is 72.5. The SMILES string of the molecule is CC(N)C1NC(=O)[C@H]2CCCN2C(=O)[C@H](C)OC(=O)[C@H](CO)NC(=O)[C@@H]2CSSC[C@H](NC(=O)[C@H](Cc3ccc(O)cc3)NC(=O)[C@H](CCCNC(=N)N)NC1=O)C(=O)N[C@@H](Cc1ccc(O)cc1)C(=O)N[C@@H](CCC(N)=O)C(=O)N[C@@H](CCCCN)C(=O)N1CCC[C@@H]1C(=O)N1CCC[C@H]1C(=O)O[C@@H](Cc1ccc(O)cc1)C(=O)N[C@@H](Cc1cnc[nH]1)C(=O)N[C@@H](C)C(=O)N2. The quantitative estimate of drug-likeness (QED) is 0.0122. The summed E-state index contributed by atoms with van der Waals surface area (Å²) >= 11 is 0. The fourth-order valence-corrected chi connectivity index (χ4v) is 17.8. The van der Waals surface area contributed by atoms with Crippen LogP contribution in [0.15, 0.2) is 85.3 Å². The third kappa shape index (κ3) is 29.8. The summed E-state index contributed by atoms with van der Waals surface area (Å²) in [6.45, 7) is 2.37. The predicted molar refractivity (Wildman–Crippen MR) is 470 cm³/mol. The number of ether oxygens (including phenoxy) is 2. The second-order valence-corrected chi connectivity index (χ2v) is 35.2. The number of nitrogens with zero attached hydrogens (tertiary/aromatic N) is 4. The Morgan fingerprint density at radius 3 is 1.50 bits per heavy atom. The Morgan fingerprint density at radius 1 is 0.496 bits per heavy atom. The van der Waals surface area contributed by atoms with Gasteiger partial charge in [0.15, 0.2) is 24.2 Å². The number of aromatic nitrogens is 2. The fraction of sp³-hybridized carbons (Fsp3) is 0.536. The fourth-order valence-electron chi connectivity index (χ4n) is 15.4. The van der Waals surface area contributed by atoms with Crippen LogP contribution in [0.2, 0.25) is 0 Å². The molecule has 9 rings (SSSR count). The largest absolute Gasteiger partial charge is 0.508 e. The average molecular weight is 1870 g/mol. The highest BCUT2D eigenvalue weighted by Gasteiger charge is 2.47. The number of fused-ring (bicyclic) bond motifs is 8. The molecule has 2 unspecified atom stereocenters. The zero-order chi connectivity index (χ0) is 95.3. The number of esters is 2. The van der Waals surface area contributed by atoms with E-state index in [-0.39, 0.29) is 137 Å². The van der Waals surface area contributed by atoms with E-state index in [4.69, 9.17) is 37.8 Å². The van der Waals surface area contributed by atoms with Crippen molar-refractivity contribution >= 4 is 128 Å². The van der Waals surface area contributed by atoms with E-state index < -0.39 is 260 Å². The second-order valence-electron chi connectivity index (χ2n) is 32.6. The van der Waals surface area contributed by atoms with Crippen molar-refractivity contribution in [3.05, 3.63) is 108 Å². The molecule has 6 heterocycles. The molecule has 47 heteroatoms. The molecule has 5 saturated heterocycles. The number of hydrogen-bond acceptors (Lipinski definition) is 29. The molecule has 15 amide bonds. The number of carbonyl (C=O) groups is 17. The summed E-state index contributed by atoms with van der Waals surface area (Å²) in [7, 11) is 1.42. The van der Waals surface area contributed by atoms with Crippen molar-refractivity contribution in [3.8, 4) is 17.2 Å². The number of unbranched alkanes of at least 4 members (excludes halogenated alkanes) is 1. The molecule has 0 spiro atoms. The average Bonchev–Trinajstić information content (AvgIpc) is 1.66. The number of benzene rings is 3. The van der Waals surface area contributed by atoms with Crippen molar-refractivity contribution in [2.24, 2.45) is 22.9 Å². The highest BCUT2D eigenvalue weighted by Crippen LogP contribution is 2.30. The summed E-state index contributed by atoms with van der Waals surface area (Å²) in [6.07, 6.45) is -2.93. The summed E-state index contributed by atoms with van der Waals surface area (Å²) in [5.41, 5.74) is 24.7. The number of imidazole rings is 1. The molecule has 5 aliphatic rings. The molecule has 26 N–H and O–H groups in total. The number of rotatable bonds is 21. The van der Waals surface area contributed by atoms with Crippen LogP contribution >= 0.6 is 21.6 Å². The molecular weight excluding hydrogens is 1750 g/mol. The van der Waals surface area contributed by atoms with Gasteiger partial charge in [-0.25, -0.2) is 14.6 Å². The van der Waals surface area contributed by atoms with Crippen molar-refractivity contribution < 1.29 is 111 Å². The molecule has 45 nitrogen and oxygen atoms in total. The van der Waals surface area contributed by atoms with Gasteiger partial charge in [-0.3, -0.25) is 77.3 Å². The van der Waals surface area contributed by atoms with E-state index in [9.17, 15) is 63.6 Å². The summed E-state index contributed by atoms with van der Waals surface area (Å²) < 4.78 is 11.6. The number of aliphatic hydroxyl groups is 1. The van der Waals surface area contributed by atoms with Crippen LogP contribution < -0.4 is 86.7 Å². The van der Waals surface area contributed by atoms with Crippen molar-refractivity contribution in [3.63, 3.8) is 0 Å². The molecule has 0 radical (unpaired) electrons. The number of aliphatic hydroxyl groups excluding tert-OH is 1. The van der Waals surface area contributed by atoms with Crippen molar-refractivity contribution in [1.82, 2.24) is 88.5 Å². The number of amides is 15. The van der Waals surface area contributed by atoms with E-state index in [1.54, 1.807) is 0 Å². The maximum absolute atomic E-state index is 15.7. The number of aromatic amines is 1. The van der Waals surface area contributed by atoms with Crippen LogP contribution in [0.4, 0.5) is 0 Å². The molecule has 0 saturated carbocycles. The normalized spacial score (nSPS) is 26.8. The van der Waals surface area contributed by atoms with Gasteiger partial charge in [0.25, 0.3) is 11.8 Å². The van der Waals surface area contributed by atoms with Crippen molar-refractivity contribution in [2.45, 2.75) is 233 Å². The van der Waals surface area contributed by atoms with Gasteiger partial charge in [-0.05, 0) is 157 Å². The molecule has 1 aromatic heterocycles. The minimum absolute atomic E-state index is 0.000363. The Balaban J connectivity index is 1.17. The summed E-state index contributed by atoms with van der Waals surface area (Å²) in [6, 6.07) is -8.54. The highest BCUT2D eigenvalue weighted by atomic mass is 33.1. The number of H-pyrrole nitrogens is 1. The third-order valence-corrected chi connectivity index (χ3v) is 25.0. The molecule has 131 heavy (non-hydrogen) atoms. The van der Waals surface area contributed by atoms with Gasteiger partial charge < -0.3 is 136 Å². The van der Waals surface area contributed by atoms with Crippen LogP contribution in [0.25, 0.3) is 0 Å². The first-order chi connectivity index (χ1) is 62.5. The van der Waals surface area contributed by atoms with Crippen LogP contribution in [-0.4, -0.2) is 305 Å². The second kappa shape index (κ2) is 49.2. The maximum atomic E-state index is 15.7. The van der Waals surface area contributed by atoms with Crippen LogP contribution in [0, 0.1) is 5.41 Å². The molecule has 3 aromatic carbocycles. The Hall–Kier alpha value is -12.9. The van der Waals surface area contributed by atoms with E-state index in [2.05, 4.69) is 73.8 Å². The summed E-state index contributed by atoms with van der Waals surface area (Å²) in [5, 5.41) is 80.7. The number of carbonyl (C=O) groups excluding carboxylic acids is 17. The maximum Gasteiger partial charge on any atom is 0.331 e. The topological polar surface area (TPSA) is 700 Å². The lowest BCUT2D eigenvalue weighted by atomic mass is 10.0. The predicted octanol–water partition coefficient (Wildman–Crippen LogP) is -5.63. The molecule has 17 atom stereocenters. The summed E-state index contributed by atoms with van der Waals surface area (Å²) in [4.78, 5) is 263. The molecule has 2 bridgehead atoms. The van der Waals surface area contributed by atoms with E-state index in [1.807, 2.05) is 0 Å². The first-order valence-electron chi connectivity index (χ1n) is 43.1. The van der Waals surface area contributed by atoms with E-state index in [0.717, 1.165) is 11.8 Å². The van der Waals surface area contributed by atoms with Gasteiger partial charge in [-0.1, -0.05) is 58.0 Å². The molecule has 4 aromatic rings.